The van der Waals surface area contributed by atoms with E-state index in [2.05, 4.69) is 16.2 Å². The molecule has 10 heavy (non-hydrogen) atoms. The zero-order valence-corrected chi connectivity index (χ0v) is 5.50. The molecule has 1 heterocycles. The van der Waals surface area contributed by atoms with Gasteiger partial charge in [0.25, 0.3) is 0 Å². The van der Waals surface area contributed by atoms with Crippen LogP contribution in [0.25, 0.3) is 0 Å². The molecule has 0 unspecified atom stereocenters. The van der Waals surface area contributed by atoms with Crippen molar-refractivity contribution in [2.45, 2.75) is 6.54 Å². The summed E-state index contributed by atoms with van der Waals surface area (Å²) >= 11 is 0. The van der Waals surface area contributed by atoms with Crippen molar-refractivity contribution in [1.82, 2.24) is 10.3 Å². The second-order valence-electron chi connectivity index (χ2n) is 1.78. The van der Waals surface area contributed by atoms with E-state index < -0.39 is 0 Å². The van der Waals surface area contributed by atoms with Crippen LogP contribution in [-0.2, 0) is 6.54 Å². The van der Waals surface area contributed by atoms with Gasteiger partial charge in [-0.05, 0) is 0 Å². The Balaban J connectivity index is 2.23. The summed E-state index contributed by atoms with van der Waals surface area (Å²) in [5.41, 5.74) is 0. The topological polar surface area (TPSA) is 38.1 Å². The SMILES string of the molecule is C#CCNCc1cnco1. The van der Waals surface area contributed by atoms with Crippen molar-refractivity contribution in [2.75, 3.05) is 6.54 Å². The molecule has 0 aliphatic carbocycles. The number of nitrogens with zero attached hydrogens (tertiary/aromatic N) is 1. The molecule has 0 fully saturated rings. The normalized spacial score (nSPS) is 9.10. The van der Waals surface area contributed by atoms with Crippen LogP contribution in [0.4, 0.5) is 0 Å². The first-order chi connectivity index (χ1) is 4.93. The zero-order chi connectivity index (χ0) is 7.23. The van der Waals surface area contributed by atoms with Crippen LogP contribution in [0.15, 0.2) is 17.0 Å². The van der Waals surface area contributed by atoms with Gasteiger partial charge in [0.15, 0.2) is 6.39 Å². The molecule has 0 saturated carbocycles. The van der Waals surface area contributed by atoms with Gasteiger partial charge in [0.1, 0.15) is 5.76 Å². The summed E-state index contributed by atoms with van der Waals surface area (Å²) in [6.45, 7) is 1.20. The minimum atomic E-state index is 0.556. The van der Waals surface area contributed by atoms with Gasteiger partial charge in [0.05, 0.1) is 19.3 Å². The van der Waals surface area contributed by atoms with E-state index in [1.54, 1.807) is 6.20 Å². The fourth-order valence-corrected chi connectivity index (χ4v) is 0.587. The predicted octanol–water partition coefficient (Wildman–Crippen LogP) is 0.397. The van der Waals surface area contributed by atoms with Crippen molar-refractivity contribution < 1.29 is 4.42 Å². The Morgan fingerprint density at radius 3 is 3.30 bits per heavy atom. The summed E-state index contributed by atoms with van der Waals surface area (Å²) in [7, 11) is 0. The van der Waals surface area contributed by atoms with E-state index >= 15 is 0 Å². The second-order valence-corrected chi connectivity index (χ2v) is 1.78. The smallest absolute Gasteiger partial charge is 0.180 e. The van der Waals surface area contributed by atoms with Gasteiger partial charge in [0.2, 0.25) is 0 Å². The first kappa shape index (κ1) is 6.84. The van der Waals surface area contributed by atoms with E-state index in [4.69, 9.17) is 10.8 Å². The highest BCUT2D eigenvalue weighted by Crippen LogP contribution is 1.93. The average Bonchev–Trinajstić information content (AvgIpc) is 2.41. The number of aromatic nitrogens is 1. The highest BCUT2D eigenvalue weighted by molar-refractivity contribution is 4.91. The molecule has 1 aromatic rings. The predicted molar refractivity (Wildman–Crippen MR) is 37.0 cm³/mol. The molecule has 0 bridgehead atoms. The van der Waals surface area contributed by atoms with E-state index in [1.807, 2.05) is 0 Å². The average molecular weight is 136 g/mol. The highest BCUT2D eigenvalue weighted by Gasteiger charge is 1.91. The van der Waals surface area contributed by atoms with Crippen molar-refractivity contribution in [3.63, 3.8) is 0 Å². The maximum Gasteiger partial charge on any atom is 0.180 e. The molecule has 0 aliphatic heterocycles. The molecule has 0 atom stereocenters. The summed E-state index contributed by atoms with van der Waals surface area (Å²) in [4.78, 5) is 3.74. The second kappa shape index (κ2) is 3.70. The first-order valence-corrected chi connectivity index (χ1v) is 2.95. The summed E-state index contributed by atoms with van der Waals surface area (Å²) in [5.74, 6) is 3.26. The van der Waals surface area contributed by atoms with Crippen molar-refractivity contribution >= 4 is 0 Å². The fourth-order valence-electron chi connectivity index (χ4n) is 0.587. The molecule has 1 rings (SSSR count). The maximum absolute atomic E-state index is 5.01. The van der Waals surface area contributed by atoms with Crippen molar-refractivity contribution in [3.8, 4) is 12.3 Å². The molecule has 52 valence electrons. The lowest BCUT2D eigenvalue weighted by Crippen LogP contribution is -2.12. The van der Waals surface area contributed by atoms with Gasteiger partial charge in [-0.15, -0.1) is 6.42 Å². The standard InChI is InChI=1S/C7H8N2O/c1-2-3-8-4-7-5-9-6-10-7/h1,5-6,8H,3-4H2. The molecule has 0 aromatic carbocycles. The van der Waals surface area contributed by atoms with Gasteiger partial charge >= 0.3 is 0 Å². The Labute approximate surface area is 59.5 Å². The number of hydrogen-bond donors (Lipinski definition) is 1. The minimum absolute atomic E-state index is 0.556. The Hall–Kier alpha value is -1.27. The van der Waals surface area contributed by atoms with Crippen LogP contribution in [0, 0.1) is 12.3 Å². The van der Waals surface area contributed by atoms with Crippen molar-refractivity contribution in [3.05, 3.63) is 18.4 Å². The summed E-state index contributed by atoms with van der Waals surface area (Å²) in [6, 6.07) is 0. The zero-order valence-electron chi connectivity index (χ0n) is 5.50. The summed E-state index contributed by atoms with van der Waals surface area (Å²) in [6.07, 6.45) is 8.06. The van der Waals surface area contributed by atoms with Crippen LogP contribution in [0.5, 0.6) is 0 Å². The Bertz CT molecular complexity index is 210. The molecule has 0 saturated heterocycles. The number of rotatable bonds is 3. The third kappa shape index (κ3) is 1.92. The van der Waals surface area contributed by atoms with Crippen LogP contribution < -0.4 is 5.32 Å². The minimum Gasteiger partial charge on any atom is -0.447 e. The van der Waals surface area contributed by atoms with E-state index in [1.165, 1.54) is 6.39 Å². The molecular formula is C7H8N2O. The molecule has 3 nitrogen and oxygen atoms in total. The van der Waals surface area contributed by atoms with Gasteiger partial charge in [-0.25, -0.2) is 4.98 Å². The van der Waals surface area contributed by atoms with Crippen LogP contribution in [0.2, 0.25) is 0 Å². The molecule has 3 heteroatoms. The van der Waals surface area contributed by atoms with Gasteiger partial charge in [-0.1, -0.05) is 5.92 Å². The lowest BCUT2D eigenvalue weighted by molar-refractivity contribution is 0.487. The Morgan fingerprint density at radius 2 is 2.70 bits per heavy atom. The van der Waals surface area contributed by atoms with E-state index in [-0.39, 0.29) is 0 Å². The van der Waals surface area contributed by atoms with Crippen molar-refractivity contribution in [2.24, 2.45) is 0 Å². The number of oxazole rings is 1. The molecule has 1 N–H and O–H groups in total. The number of hydrogen-bond acceptors (Lipinski definition) is 3. The van der Waals surface area contributed by atoms with E-state index in [0.717, 1.165) is 5.76 Å². The fraction of sp³-hybridized carbons (Fsp3) is 0.286. The monoisotopic (exact) mass is 136 g/mol. The van der Waals surface area contributed by atoms with Gasteiger partial charge in [0, 0.05) is 0 Å². The maximum atomic E-state index is 5.01. The van der Waals surface area contributed by atoms with Crippen LogP contribution in [0.1, 0.15) is 5.76 Å². The molecule has 0 radical (unpaired) electrons. The van der Waals surface area contributed by atoms with Gasteiger partial charge < -0.3 is 4.42 Å². The Kier molecular flexibility index (Phi) is 2.53. The van der Waals surface area contributed by atoms with Crippen molar-refractivity contribution in [1.29, 1.82) is 0 Å². The molecular weight excluding hydrogens is 128 g/mol. The summed E-state index contributed by atoms with van der Waals surface area (Å²) < 4.78 is 4.94. The van der Waals surface area contributed by atoms with Crippen LogP contribution in [0.3, 0.4) is 0 Å². The van der Waals surface area contributed by atoms with Gasteiger partial charge in [-0.2, -0.15) is 0 Å². The highest BCUT2D eigenvalue weighted by atomic mass is 16.3. The number of nitrogens with one attached hydrogen (secondary N) is 1. The van der Waals surface area contributed by atoms with Crippen LogP contribution in [-0.4, -0.2) is 11.5 Å². The molecule has 0 spiro atoms. The van der Waals surface area contributed by atoms with E-state index in [9.17, 15) is 0 Å². The molecule has 0 amide bonds. The first-order valence-electron chi connectivity index (χ1n) is 2.95. The Morgan fingerprint density at radius 1 is 1.80 bits per heavy atom. The summed E-state index contributed by atoms with van der Waals surface area (Å²) in [5, 5.41) is 2.97. The largest absolute Gasteiger partial charge is 0.447 e. The van der Waals surface area contributed by atoms with E-state index in [0.29, 0.717) is 13.1 Å². The molecule has 0 aliphatic rings. The van der Waals surface area contributed by atoms with Crippen LogP contribution >= 0.6 is 0 Å². The lowest BCUT2D eigenvalue weighted by atomic mass is 10.5. The lowest BCUT2D eigenvalue weighted by Gasteiger charge is -1.93. The quantitative estimate of drug-likeness (QED) is 0.482. The number of terminal acetylenes is 1. The third-order valence-electron chi connectivity index (χ3n) is 1.01. The third-order valence-corrected chi connectivity index (χ3v) is 1.01. The molecule has 1 aromatic heterocycles. The van der Waals surface area contributed by atoms with Gasteiger partial charge in [-0.3, -0.25) is 5.32 Å².